The van der Waals surface area contributed by atoms with Crippen LogP contribution in [0.4, 0.5) is 0 Å². The van der Waals surface area contributed by atoms with Crippen LogP contribution in [0.15, 0.2) is 0 Å². The van der Waals surface area contributed by atoms with E-state index in [1.54, 1.807) is 14.2 Å². The van der Waals surface area contributed by atoms with Crippen LogP contribution in [0.25, 0.3) is 0 Å². The number of hydrogen-bond acceptors (Lipinski definition) is 4. The van der Waals surface area contributed by atoms with Crippen LogP contribution in [0, 0.1) is 5.41 Å². The molecule has 1 saturated heterocycles. The van der Waals surface area contributed by atoms with Crippen LogP contribution in [0.3, 0.4) is 0 Å². The largest absolute Gasteiger partial charge is 0.384 e. The van der Waals surface area contributed by atoms with Crippen molar-refractivity contribution in [3.63, 3.8) is 0 Å². The van der Waals surface area contributed by atoms with Gasteiger partial charge >= 0.3 is 0 Å². The number of carbonyl (C=O) groups is 1. The van der Waals surface area contributed by atoms with Gasteiger partial charge in [-0.1, -0.05) is 6.92 Å². The molecule has 0 aliphatic carbocycles. The molecule has 20 heavy (non-hydrogen) atoms. The molecule has 0 radical (unpaired) electrons. The monoisotopic (exact) mass is 286 g/mol. The molecule has 1 rings (SSSR count). The van der Waals surface area contributed by atoms with E-state index in [0.717, 1.165) is 32.4 Å². The molecule has 0 bridgehead atoms. The van der Waals surface area contributed by atoms with Gasteiger partial charge in [0.1, 0.15) is 0 Å². The van der Waals surface area contributed by atoms with E-state index in [1.165, 1.54) is 0 Å². The van der Waals surface area contributed by atoms with Crippen LogP contribution in [0.5, 0.6) is 0 Å². The molecule has 5 heteroatoms. The van der Waals surface area contributed by atoms with Crippen molar-refractivity contribution in [2.24, 2.45) is 5.41 Å². The fraction of sp³-hybridized carbons (Fsp3) is 0.933. The second-order valence-corrected chi connectivity index (χ2v) is 5.71. The quantitative estimate of drug-likeness (QED) is 0.730. The topological polar surface area (TPSA) is 50.8 Å². The van der Waals surface area contributed by atoms with Gasteiger partial charge in [0, 0.05) is 26.8 Å². The van der Waals surface area contributed by atoms with Crippen molar-refractivity contribution in [3.8, 4) is 0 Å². The van der Waals surface area contributed by atoms with E-state index in [9.17, 15) is 4.79 Å². The molecule has 1 unspecified atom stereocenters. The third-order valence-electron chi connectivity index (χ3n) is 4.36. The predicted molar refractivity (Wildman–Crippen MR) is 79.8 cm³/mol. The smallest absolute Gasteiger partial charge is 0.231 e. The van der Waals surface area contributed by atoms with E-state index in [1.807, 2.05) is 4.90 Å². The summed E-state index contributed by atoms with van der Waals surface area (Å²) in [4.78, 5) is 15.1. The van der Waals surface area contributed by atoms with Crippen LogP contribution in [0.2, 0.25) is 0 Å². The van der Waals surface area contributed by atoms with Crippen molar-refractivity contribution in [1.82, 2.24) is 10.2 Å². The second-order valence-electron chi connectivity index (χ2n) is 5.71. The number of methoxy groups -OCH3 is 2. The molecule has 1 aliphatic rings. The summed E-state index contributed by atoms with van der Waals surface area (Å²) in [6, 6.07) is 0.237. The van der Waals surface area contributed by atoms with E-state index >= 15 is 0 Å². The van der Waals surface area contributed by atoms with Gasteiger partial charge in [-0.2, -0.15) is 0 Å². The highest BCUT2D eigenvalue weighted by Crippen LogP contribution is 2.32. The van der Waals surface area contributed by atoms with Gasteiger partial charge in [0.15, 0.2) is 0 Å². The Balaban J connectivity index is 2.87. The van der Waals surface area contributed by atoms with Crippen molar-refractivity contribution in [3.05, 3.63) is 0 Å². The number of amides is 1. The first-order chi connectivity index (χ1) is 9.61. The molecule has 0 aromatic heterocycles. The van der Waals surface area contributed by atoms with Gasteiger partial charge in [-0.05, 0) is 39.3 Å². The van der Waals surface area contributed by atoms with Gasteiger partial charge in [-0.15, -0.1) is 0 Å². The van der Waals surface area contributed by atoms with Gasteiger partial charge in [0.2, 0.25) is 5.91 Å². The van der Waals surface area contributed by atoms with Crippen LogP contribution < -0.4 is 5.32 Å². The molecule has 1 heterocycles. The number of carbonyl (C=O) groups excluding carboxylic acids is 1. The molecule has 1 amide bonds. The maximum atomic E-state index is 13.1. The average molecular weight is 286 g/mol. The minimum atomic E-state index is -0.364. The van der Waals surface area contributed by atoms with Gasteiger partial charge in [-0.3, -0.25) is 4.79 Å². The zero-order chi connectivity index (χ0) is 15.0. The Morgan fingerprint density at radius 2 is 1.95 bits per heavy atom. The first kappa shape index (κ1) is 17.4. The Kier molecular flexibility index (Phi) is 7.48. The normalized spacial score (nSPS) is 19.6. The lowest BCUT2D eigenvalue weighted by Gasteiger charge is -2.41. The Hall–Kier alpha value is -0.650. The van der Waals surface area contributed by atoms with Crippen LogP contribution in [-0.2, 0) is 14.3 Å². The van der Waals surface area contributed by atoms with Crippen LogP contribution >= 0.6 is 0 Å². The molecule has 1 atom stereocenters. The summed E-state index contributed by atoms with van der Waals surface area (Å²) in [6.45, 7) is 7.73. The van der Waals surface area contributed by atoms with E-state index in [4.69, 9.17) is 9.47 Å². The van der Waals surface area contributed by atoms with Gasteiger partial charge in [0.25, 0.3) is 0 Å². The molecule has 0 saturated carbocycles. The third-order valence-corrected chi connectivity index (χ3v) is 4.36. The molecule has 118 valence electrons. The zero-order valence-electron chi connectivity index (χ0n) is 13.4. The summed E-state index contributed by atoms with van der Waals surface area (Å²) in [5.41, 5.74) is -0.364. The number of hydrogen-bond donors (Lipinski definition) is 1. The highest BCUT2D eigenvalue weighted by Gasteiger charge is 2.42. The molecule has 1 fully saturated rings. The lowest BCUT2D eigenvalue weighted by atomic mass is 9.78. The number of nitrogens with one attached hydrogen (secondary N) is 1. The Morgan fingerprint density at radius 3 is 2.45 bits per heavy atom. The summed E-state index contributed by atoms with van der Waals surface area (Å²) in [5, 5.41) is 3.33. The minimum absolute atomic E-state index is 0.229. The van der Waals surface area contributed by atoms with E-state index in [-0.39, 0.29) is 17.4 Å². The molecule has 0 aromatic rings. The van der Waals surface area contributed by atoms with Gasteiger partial charge in [0.05, 0.1) is 18.6 Å². The van der Waals surface area contributed by atoms with E-state index in [0.29, 0.717) is 19.8 Å². The van der Waals surface area contributed by atoms with Crippen LogP contribution in [-0.4, -0.2) is 63.9 Å². The maximum Gasteiger partial charge on any atom is 0.231 e. The fourth-order valence-corrected chi connectivity index (χ4v) is 2.84. The number of ether oxygens (including phenoxy) is 2. The molecule has 1 aliphatic heterocycles. The molecule has 0 aromatic carbocycles. The lowest BCUT2D eigenvalue weighted by Crippen LogP contribution is -2.54. The first-order valence-electron chi connectivity index (χ1n) is 7.61. The first-order valence-corrected chi connectivity index (χ1v) is 7.61. The molecular weight excluding hydrogens is 256 g/mol. The van der Waals surface area contributed by atoms with Crippen molar-refractivity contribution >= 4 is 5.91 Å². The van der Waals surface area contributed by atoms with E-state index in [2.05, 4.69) is 19.2 Å². The Labute approximate surface area is 123 Å². The van der Waals surface area contributed by atoms with Gasteiger partial charge < -0.3 is 19.7 Å². The predicted octanol–water partition coefficient (Wildman–Crippen LogP) is 1.28. The van der Waals surface area contributed by atoms with Crippen molar-refractivity contribution in [2.75, 3.05) is 47.1 Å². The molecule has 1 N–H and O–H groups in total. The molecular formula is C15H30N2O3. The fourth-order valence-electron chi connectivity index (χ4n) is 2.84. The number of nitrogens with zero attached hydrogens (tertiary/aromatic N) is 1. The number of rotatable bonds is 8. The minimum Gasteiger partial charge on any atom is -0.384 e. The molecule has 5 nitrogen and oxygen atoms in total. The van der Waals surface area contributed by atoms with Crippen molar-refractivity contribution in [2.45, 2.75) is 39.2 Å². The Bertz CT molecular complexity index is 285. The van der Waals surface area contributed by atoms with Gasteiger partial charge in [-0.25, -0.2) is 0 Å². The highest BCUT2D eigenvalue weighted by atomic mass is 16.5. The summed E-state index contributed by atoms with van der Waals surface area (Å²) >= 11 is 0. The third kappa shape index (κ3) is 4.17. The zero-order valence-corrected chi connectivity index (χ0v) is 13.4. The summed E-state index contributed by atoms with van der Waals surface area (Å²) < 4.78 is 10.5. The summed E-state index contributed by atoms with van der Waals surface area (Å²) in [7, 11) is 3.36. The number of piperidine rings is 1. The summed E-state index contributed by atoms with van der Waals surface area (Å²) in [6.07, 6.45) is 2.65. The summed E-state index contributed by atoms with van der Waals surface area (Å²) in [5.74, 6) is 0.229. The maximum absolute atomic E-state index is 13.1. The van der Waals surface area contributed by atoms with Crippen LogP contribution in [0.1, 0.15) is 33.1 Å². The SMILES string of the molecule is CCC(C)N(CCOC)C(=O)C1(COC)CCNCC1. The molecule has 0 spiro atoms. The Morgan fingerprint density at radius 1 is 1.30 bits per heavy atom. The second kappa shape index (κ2) is 8.60. The highest BCUT2D eigenvalue weighted by molar-refractivity contribution is 5.83. The van der Waals surface area contributed by atoms with Crippen molar-refractivity contribution in [1.29, 1.82) is 0 Å². The van der Waals surface area contributed by atoms with Crippen molar-refractivity contribution < 1.29 is 14.3 Å². The average Bonchev–Trinajstić information content (AvgIpc) is 2.48. The standard InChI is InChI=1S/C15H30N2O3/c1-5-13(2)17(10-11-19-3)14(18)15(12-20-4)6-8-16-9-7-15/h13,16H,5-12H2,1-4H3. The van der Waals surface area contributed by atoms with E-state index < -0.39 is 0 Å². The lowest BCUT2D eigenvalue weighted by molar-refractivity contribution is -0.150.